The Labute approximate surface area is 132 Å². The predicted molar refractivity (Wildman–Crippen MR) is 84.6 cm³/mol. The van der Waals surface area contributed by atoms with Crippen LogP contribution in [0.4, 0.5) is 10.5 Å². The quantitative estimate of drug-likeness (QED) is 0.773. The molecule has 0 atom stereocenters. The average Bonchev–Trinajstić information content (AvgIpc) is 3.10. The van der Waals surface area contributed by atoms with Crippen molar-refractivity contribution in [3.05, 3.63) is 60.5 Å². The number of aryl methyl sites for hydroxylation is 1. The first-order valence-electron chi connectivity index (χ1n) is 7.03. The first-order chi connectivity index (χ1) is 11.2. The average molecular weight is 309 g/mol. The van der Waals surface area contributed by atoms with Crippen LogP contribution in [-0.2, 0) is 6.54 Å². The summed E-state index contributed by atoms with van der Waals surface area (Å²) in [5.41, 5.74) is 2.83. The van der Waals surface area contributed by atoms with E-state index in [-0.39, 0.29) is 12.6 Å². The van der Waals surface area contributed by atoms with Crippen LogP contribution in [-0.4, -0.2) is 21.0 Å². The largest absolute Gasteiger partial charge is 0.463 e. The summed E-state index contributed by atoms with van der Waals surface area (Å²) in [6, 6.07) is 5.07. The molecule has 0 bridgehead atoms. The van der Waals surface area contributed by atoms with Crippen LogP contribution in [0.5, 0.6) is 0 Å². The number of furan rings is 1. The highest BCUT2D eigenvalue weighted by Gasteiger charge is 2.11. The lowest BCUT2D eigenvalue weighted by Crippen LogP contribution is -2.29. The van der Waals surface area contributed by atoms with Gasteiger partial charge in [0.1, 0.15) is 5.69 Å². The molecule has 3 aromatic heterocycles. The highest BCUT2D eigenvalue weighted by molar-refractivity contribution is 5.89. The van der Waals surface area contributed by atoms with E-state index in [1.165, 1.54) is 0 Å². The molecule has 0 aliphatic rings. The second-order valence-corrected chi connectivity index (χ2v) is 4.83. The molecule has 0 aliphatic heterocycles. The minimum Gasteiger partial charge on any atom is -0.463 e. The van der Waals surface area contributed by atoms with E-state index in [1.54, 1.807) is 43.2 Å². The fourth-order valence-electron chi connectivity index (χ4n) is 2.04. The van der Waals surface area contributed by atoms with E-state index in [1.807, 2.05) is 13.0 Å². The molecule has 0 saturated carbocycles. The molecule has 0 aliphatic carbocycles. The minimum atomic E-state index is -0.336. The van der Waals surface area contributed by atoms with Gasteiger partial charge in [-0.15, -0.1) is 0 Å². The lowest BCUT2D eigenvalue weighted by molar-refractivity contribution is 0.251. The van der Waals surface area contributed by atoms with E-state index in [0.29, 0.717) is 22.8 Å². The van der Waals surface area contributed by atoms with Gasteiger partial charge in [0.2, 0.25) is 0 Å². The van der Waals surface area contributed by atoms with Crippen LogP contribution in [0, 0.1) is 6.92 Å². The number of urea groups is 1. The van der Waals surface area contributed by atoms with Crippen molar-refractivity contribution in [2.45, 2.75) is 13.5 Å². The van der Waals surface area contributed by atoms with Crippen LogP contribution in [0.1, 0.15) is 11.3 Å². The fraction of sp³-hybridized carbons (Fsp3) is 0.125. The van der Waals surface area contributed by atoms with Crippen molar-refractivity contribution in [2.75, 3.05) is 5.32 Å². The summed E-state index contributed by atoms with van der Waals surface area (Å²) in [5, 5.41) is 5.51. The van der Waals surface area contributed by atoms with E-state index >= 15 is 0 Å². The van der Waals surface area contributed by atoms with Crippen LogP contribution in [0.3, 0.4) is 0 Å². The molecule has 0 unspecified atom stereocenters. The molecule has 3 heterocycles. The number of carbonyl (C=O) groups excluding carboxylic acids is 1. The van der Waals surface area contributed by atoms with Gasteiger partial charge in [0, 0.05) is 18.6 Å². The van der Waals surface area contributed by atoms with Crippen LogP contribution >= 0.6 is 0 Å². The molecule has 7 nitrogen and oxygen atoms in total. The van der Waals surface area contributed by atoms with Crippen molar-refractivity contribution >= 4 is 11.7 Å². The smallest absolute Gasteiger partial charge is 0.319 e. The number of nitrogens with one attached hydrogen (secondary N) is 2. The molecule has 3 aromatic rings. The van der Waals surface area contributed by atoms with Crippen molar-refractivity contribution < 1.29 is 9.21 Å². The van der Waals surface area contributed by atoms with Gasteiger partial charge in [-0.1, -0.05) is 0 Å². The third kappa shape index (κ3) is 3.52. The SMILES string of the molecule is Cc1ccncc1NC(=O)NCc1nccnc1-c1ccco1. The highest BCUT2D eigenvalue weighted by Crippen LogP contribution is 2.19. The lowest BCUT2D eigenvalue weighted by atomic mass is 10.2. The Morgan fingerprint density at radius 1 is 1.22 bits per heavy atom. The molecule has 116 valence electrons. The standard InChI is InChI=1S/C16H15N5O2/c1-11-4-5-17-9-12(11)21-16(22)20-10-13-15(19-7-6-18-13)14-3-2-8-23-14/h2-9H,10H2,1H3,(H2,20,21,22). The fourth-order valence-corrected chi connectivity index (χ4v) is 2.04. The second-order valence-electron chi connectivity index (χ2n) is 4.83. The Morgan fingerprint density at radius 2 is 2.09 bits per heavy atom. The summed E-state index contributed by atoms with van der Waals surface area (Å²) in [6.45, 7) is 2.13. The number of amides is 2. The van der Waals surface area contributed by atoms with Gasteiger partial charge in [0.15, 0.2) is 5.76 Å². The van der Waals surface area contributed by atoms with Gasteiger partial charge in [-0.3, -0.25) is 9.97 Å². The third-order valence-corrected chi connectivity index (χ3v) is 3.23. The van der Waals surface area contributed by atoms with Gasteiger partial charge in [-0.25, -0.2) is 9.78 Å². The number of rotatable bonds is 4. The molecular weight excluding hydrogens is 294 g/mol. The number of hydrogen-bond donors (Lipinski definition) is 2. The van der Waals surface area contributed by atoms with Crippen molar-refractivity contribution in [1.82, 2.24) is 20.3 Å². The molecule has 2 amide bonds. The second kappa shape index (κ2) is 6.69. The molecule has 2 N–H and O–H groups in total. The molecule has 23 heavy (non-hydrogen) atoms. The first kappa shape index (κ1) is 14.7. The van der Waals surface area contributed by atoms with Gasteiger partial charge in [-0.2, -0.15) is 0 Å². The van der Waals surface area contributed by atoms with Gasteiger partial charge in [0.25, 0.3) is 0 Å². The zero-order chi connectivity index (χ0) is 16.1. The Kier molecular flexibility index (Phi) is 4.28. The van der Waals surface area contributed by atoms with Crippen molar-refractivity contribution in [3.63, 3.8) is 0 Å². The molecule has 7 heteroatoms. The highest BCUT2D eigenvalue weighted by atomic mass is 16.3. The molecule has 3 rings (SSSR count). The minimum absolute atomic E-state index is 0.231. The van der Waals surface area contributed by atoms with Crippen molar-refractivity contribution in [3.8, 4) is 11.5 Å². The zero-order valence-corrected chi connectivity index (χ0v) is 12.5. The van der Waals surface area contributed by atoms with Crippen LogP contribution in [0.2, 0.25) is 0 Å². The van der Waals surface area contributed by atoms with Gasteiger partial charge in [-0.05, 0) is 30.7 Å². The first-order valence-corrected chi connectivity index (χ1v) is 7.03. The number of pyridine rings is 1. The van der Waals surface area contributed by atoms with Gasteiger partial charge < -0.3 is 15.1 Å². The number of hydrogen-bond acceptors (Lipinski definition) is 5. The van der Waals surface area contributed by atoms with Gasteiger partial charge >= 0.3 is 6.03 Å². The summed E-state index contributed by atoms with van der Waals surface area (Å²) in [7, 11) is 0. The Bertz CT molecular complexity index is 802. The molecule has 0 fully saturated rings. The van der Waals surface area contributed by atoms with Crippen LogP contribution in [0.15, 0.2) is 53.7 Å². The van der Waals surface area contributed by atoms with Crippen molar-refractivity contribution in [2.24, 2.45) is 0 Å². The van der Waals surface area contributed by atoms with E-state index in [2.05, 4.69) is 25.6 Å². The molecule has 0 aromatic carbocycles. The van der Waals surface area contributed by atoms with Crippen molar-refractivity contribution in [1.29, 1.82) is 0 Å². The molecule has 0 saturated heterocycles. The maximum absolute atomic E-state index is 12.0. The Hall–Kier alpha value is -3.22. The third-order valence-electron chi connectivity index (χ3n) is 3.23. The molecule has 0 radical (unpaired) electrons. The maximum Gasteiger partial charge on any atom is 0.319 e. The molecule has 0 spiro atoms. The summed E-state index contributed by atoms with van der Waals surface area (Å²) in [6.07, 6.45) is 8.01. The Balaban J connectivity index is 1.67. The van der Waals surface area contributed by atoms with Crippen LogP contribution < -0.4 is 10.6 Å². The summed E-state index contributed by atoms with van der Waals surface area (Å²) in [5.74, 6) is 0.610. The lowest BCUT2D eigenvalue weighted by Gasteiger charge is -2.10. The normalized spacial score (nSPS) is 10.3. The maximum atomic E-state index is 12.0. The summed E-state index contributed by atoms with van der Waals surface area (Å²) < 4.78 is 5.34. The monoisotopic (exact) mass is 309 g/mol. The number of anilines is 1. The number of carbonyl (C=O) groups is 1. The summed E-state index contributed by atoms with van der Waals surface area (Å²) >= 11 is 0. The predicted octanol–water partition coefficient (Wildman–Crippen LogP) is 2.76. The van der Waals surface area contributed by atoms with E-state index in [9.17, 15) is 4.79 Å². The van der Waals surface area contributed by atoms with Crippen LogP contribution in [0.25, 0.3) is 11.5 Å². The zero-order valence-electron chi connectivity index (χ0n) is 12.5. The Morgan fingerprint density at radius 3 is 2.87 bits per heavy atom. The van der Waals surface area contributed by atoms with Gasteiger partial charge in [0.05, 0.1) is 30.4 Å². The van der Waals surface area contributed by atoms with E-state index < -0.39 is 0 Å². The topological polar surface area (TPSA) is 92.9 Å². The number of nitrogens with zero attached hydrogens (tertiary/aromatic N) is 3. The number of aromatic nitrogens is 3. The summed E-state index contributed by atoms with van der Waals surface area (Å²) in [4.78, 5) is 24.5. The van der Waals surface area contributed by atoms with E-state index in [0.717, 1.165) is 5.56 Å². The molecular formula is C16H15N5O2. The van der Waals surface area contributed by atoms with E-state index in [4.69, 9.17) is 4.42 Å².